The Morgan fingerprint density at radius 3 is 2.42 bits per heavy atom. The fourth-order valence-corrected chi connectivity index (χ4v) is 2.28. The van der Waals surface area contributed by atoms with Crippen LogP contribution in [0.3, 0.4) is 0 Å². The fraction of sp³-hybridized carbons (Fsp3) is 1.00. The van der Waals surface area contributed by atoms with Gasteiger partial charge in [-0.05, 0) is 44.4 Å². The molecular weight excluding hydrogens is 152 g/mol. The van der Waals surface area contributed by atoms with Crippen molar-refractivity contribution in [3.05, 3.63) is 0 Å². The van der Waals surface area contributed by atoms with Gasteiger partial charge in [-0.1, -0.05) is 0 Å². The lowest BCUT2D eigenvalue weighted by molar-refractivity contribution is -0.0652. The molecule has 0 aromatic rings. The molecule has 70 valence electrons. The first kappa shape index (κ1) is 8.52. The molecule has 1 aliphatic carbocycles. The average molecular weight is 170 g/mol. The summed E-state index contributed by atoms with van der Waals surface area (Å²) in [5.74, 6) is 0.726. The number of rotatable bonds is 2. The van der Waals surface area contributed by atoms with Gasteiger partial charge in [-0.2, -0.15) is 0 Å². The molecule has 12 heavy (non-hydrogen) atoms. The van der Waals surface area contributed by atoms with Gasteiger partial charge in [0.2, 0.25) is 0 Å². The molecule has 2 nitrogen and oxygen atoms in total. The standard InChI is InChI=1S/C10H18O2/c11-10(4-1-5-10)8-9-2-6-12-7-3-9/h9,11H,1-8H2. The quantitative estimate of drug-likeness (QED) is 0.683. The smallest absolute Gasteiger partial charge is 0.0650 e. The lowest BCUT2D eigenvalue weighted by atomic mass is 9.73. The second-order valence-corrected chi connectivity index (χ2v) is 4.34. The highest BCUT2D eigenvalue weighted by Gasteiger charge is 2.36. The largest absolute Gasteiger partial charge is 0.390 e. The van der Waals surface area contributed by atoms with Crippen LogP contribution in [0.15, 0.2) is 0 Å². The van der Waals surface area contributed by atoms with E-state index in [0.717, 1.165) is 51.2 Å². The highest BCUT2D eigenvalue weighted by atomic mass is 16.5. The maximum atomic E-state index is 9.92. The first-order valence-corrected chi connectivity index (χ1v) is 5.09. The van der Waals surface area contributed by atoms with Crippen LogP contribution < -0.4 is 0 Å². The van der Waals surface area contributed by atoms with E-state index >= 15 is 0 Å². The van der Waals surface area contributed by atoms with E-state index in [2.05, 4.69) is 0 Å². The second kappa shape index (κ2) is 3.35. The second-order valence-electron chi connectivity index (χ2n) is 4.34. The summed E-state index contributed by atoms with van der Waals surface area (Å²) in [7, 11) is 0. The lowest BCUT2D eigenvalue weighted by Gasteiger charge is -2.40. The summed E-state index contributed by atoms with van der Waals surface area (Å²) in [4.78, 5) is 0. The maximum absolute atomic E-state index is 9.92. The zero-order chi connectivity index (χ0) is 8.44. The molecule has 0 bridgehead atoms. The summed E-state index contributed by atoms with van der Waals surface area (Å²) in [6.45, 7) is 1.81. The SMILES string of the molecule is OC1(CC2CCOCC2)CCC1. The Morgan fingerprint density at radius 1 is 1.25 bits per heavy atom. The predicted molar refractivity (Wildman–Crippen MR) is 47.0 cm³/mol. The Morgan fingerprint density at radius 2 is 1.92 bits per heavy atom. The first-order valence-electron chi connectivity index (χ1n) is 5.09. The Balaban J connectivity index is 1.77. The number of ether oxygens (including phenoxy) is 1. The molecule has 1 saturated carbocycles. The highest BCUT2D eigenvalue weighted by Crippen LogP contribution is 2.39. The summed E-state index contributed by atoms with van der Waals surface area (Å²) >= 11 is 0. The minimum absolute atomic E-state index is 0.276. The minimum Gasteiger partial charge on any atom is -0.390 e. The van der Waals surface area contributed by atoms with E-state index in [1.807, 2.05) is 0 Å². The van der Waals surface area contributed by atoms with Crippen molar-refractivity contribution >= 4 is 0 Å². The van der Waals surface area contributed by atoms with Crippen molar-refractivity contribution in [1.29, 1.82) is 0 Å². The third-order valence-corrected chi connectivity index (χ3v) is 3.29. The van der Waals surface area contributed by atoms with E-state index in [4.69, 9.17) is 4.74 Å². The molecule has 1 saturated heterocycles. The fourth-order valence-electron chi connectivity index (χ4n) is 2.28. The van der Waals surface area contributed by atoms with Crippen LogP contribution >= 0.6 is 0 Å². The molecule has 0 radical (unpaired) electrons. The van der Waals surface area contributed by atoms with Gasteiger partial charge in [0.05, 0.1) is 5.60 Å². The summed E-state index contributed by atoms with van der Waals surface area (Å²) in [5.41, 5.74) is -0.276. The van der Waals surface area contributed by atoms with Gasteiger partial charge in [0.25, 0.3) is 0 Å². The van der Waals surface area contributed by atoms with Gasteiger partial charge in [-0.3, -0.25) is 0 Å². The van der Waals surface area contributed by atoms with Crippen molar-refractivity contribution in [2.75, 3.05) is 13.2 Å². The van der Waals surface area contributed by atoms with Crippen molar-refractivity contribution in [3.8, 4) is 0 Å². The minimum atomic E-state index is -0.276. The van der Waals surface area contributed by atoms with Gasteiger partial charge in [-0.25, -0.2) is 0 Å². The molecule has 2 aliphatic rings. The average Bonchev–Trinajstić information content (AvgIpc) is 2.04. The molecule has 0 amide bonds. The van der Waals surface area contributed by atoms with Gasteiger partial charge in [0.15, 0.2) is 0 Å². The van der Waals surface area contributed by atoms with E-state index < -0.39 is 0 Å². The molecule has 2 fully saturated rings. The molecule has 1 N–H and O–H groups in total. The molecule has 1 heterocycles. The molecule has 1 aliphatic heterocycles. The van der Waals surface area contributed by atoms with Crippen LogP contribution in [0.5, 0.6) is 0 Å². The van der Waals surface area contributed by atoms with Gasteiger partial charge in [0.1, 0.15) is 0 Å². The van der Waals surface area contributed by atoms with Crippen LogP contribution in [0.25, 0.3) is 0 Å². The Kier molecular flexibility index (Phi) is 2.37. The van der Waals surface area contributed by atoms with Crippen molar-refractivity contribution < 1.29 is 9.84 Å². The Bertz CT molecular complexity index is 146. The molecule has 0 aromatic heterocycles. The summed E-state index contributed by atoms with van der Waals surface area (Å²) in [5, 5.41) is 9.92. The number of hydrogen-bond acceptors (Lipinski definition) is 2. The molecule has 0 unspecified atom stereocenters. The summed E-state index contributed by atoms with van der Waals surface area (Å²) in [6.07, 6.45) is 6.62. The predicted octanol–water partition coefficient (Wildman–Crippen LogP) is 1.72. The van der Waals surface area contributed by atoms with Crippen molar-refractivity contribution in [2.45, 2.75) is 44.1 Å². The maximum Gasteiger partial charge on any atom is 0.0650 e. The van der Waals surface area contributed by atoms with Crippen LogP contribution in [-0.2, 0) is 4.74 Å². The highest BCUT2D eigenvalue weighted by molar-refractivity contribution is 4.89. The molecule has 0 atom stereocenters. The van der Waals surface area contributed by atoms with Gasteiger partial charge < -0.3 is 9.84 Å². The molecule has 2 rings (SSSR count). The lowest BCUT2D eigenvalue weighted by Crippen LogP contribution is -2.39. The van der Waals surface area contributed by atoms with Crippen LogP contribution in [0.2, 0.25) is 0 Å². The third-order valence-electron chi connectivity index (χ3n) is 3.29. The van der Waals surface area contributed by atoms with Crippen LogP contribution in [-0.4, -0.2) is 23.9 Å². The summed E-state index contributed by atoms with van der Waals surface area (Å²) < 4.78 is 5.28. The van der Waals surface area contributed by atoms with Crippen LogP contribution in [0, 0.1) is 5.92 Å². The zero-order valence-electron chi connectivity index (χ0n) is 7.59. The molecule has 2 heteroatoms. The Labute approximate surface area is 73.9 Å². The van der Waals surface area contributed by atoms with Crippen LogP contribution in [0.4, 0.5) is 0 Å². The Hall–Kier alpha value is -0.0800. The topological polar surface area (TPSA) is 29.5 Å². The van der Waals surface area contributed by atoms with Crippen molar-refractivity contribution in [2.24, 2.45) is 5.92 Å². The van der Waals surface area contributed by atoms with Gasteiger partial charge in [0, 0.05) is 13.2 Å². The van der Waals surface area contributed by atoms with Crippen molar-refractivity contribution in [3.63, 3.8) is 0 Å². The van der Waals surface area contributed by atoms with Gasteiger partial charge >= 0.3 is 0 Å². The molecule has 0 aromatic carbocycles. The van der Waals surface area contributed by atoms with E-state index in [0.29, 0.717) is 0 Å². The summed E-state index contributed by atoms with van der Waals surface area (Å²) in [6, 6.07) is 0. The normalized spacial score (nSPS) is 29.8. The molecule has 0 spiro atoms. The van der Waals surface area contributed by atoms with Gasteiger partial charge in [-0.15, -0.1) is 0 Å². The van der Waals surface area contributed by atoms with Crippen molar-refractivity contribution in [1.82, 2.24) is 0 Å². The first-order chi connectivity index (χ1) is 5.79. The molecular formula is C10H18O2. The monoisotopic (exact) mass is 170 g/mol. The van der Waals surface area contributed by atoms with E-state index in [1.165, 1.54) is 6.42 Å². The van der Waals surface area contributed by atoms with E-state index in [1.54, 1.807) is 0 Å². The van der Waals surface area contributed by atoms with E-state index in [9.17, 15) is 5.11 Å². The number of aliphatic hydroxyl groups is 1. The van der Waals surface area contributed by atoms with Crippen LogP contribution in [0.1, 0.15) is 38.5 Å². The number of hydrogen-bond donors (Lipinski definition) is 1. The zero-order valence-corrected chi connectivity index (χ0v) is 7.59. The third kappa shape index (κ3) is 1.80. The van der Waals surface area contributed by atoms with E-state index in [-0.39, 0.29) is 5.60 Å².